The smallest absolute Gasteiger partial charge is 0.278 e. The summed E-state index contributed by atoms with van der Waals surface area (Å²) in [6.45, 7) is 1.48. The number of benzene rings is 2. The molecule has 2 aromatic carbocycles. The van der Waals surface area contributed by atoms with E-state index in [1.165, 1.54) is 19.1 Å². The largest absolute Gasteiger partial charge is 0.368 e. The van der Waals surface area contributed by atoms with Gasteiger partial charge in [-0.3, -0.25) is 14.8 Å². The van der Waals surface area contributed by atoms with E-state index in [4.69, 9.17) is 11.5 Å². The lowest BCUT2D eigenvalue weighted by atomic mass is 10.1. The minimum absolute atomic E-state index is 0.205. The summed E-state index contributed by atoms with van der Waals surface area (Å²) >= 11 is 0. The van der Waals surface area contributed by atoms with E-state index >= 15 is 0 Å². The van der Waals surface area contributed by atoms with Crippen LogP contribution in [-0.2, 0) is 4.79 Å². The van der Waals surface area contributed by atoms with E-state index in [0.29, 0.717) is 0 Å². The summed E-state index contributed by atoms with van der Waals surface area (Å²) in [6.07, 6.45) is 3.51. The van der Waals surface area contributed by atoms with Gasteiger partial charge in [0, 0.05) is 17.2 Å². The maximum atomic E-state index is 12.3. The topological polar surface area (TPSA) is 110 Å². The van der Waals surface area contributed by atoms with Crippen molar-refractivity contribution >= 4 is 17.9 Å². The second kappa shape index (κ2) is 9.34. The summed E-state index contributed by atoms with van der Waals surface area (Å²) in [4.78, 5) is 23.7. The molecule has 0 heterocycles. The molecule has 0 bridgehead atoms. The van der Waals surface area contributed by atoms with Gasteiger partial charge in [-0.2, -0.15) is 0 Å². The number of carbonyl (C=O) groups is 2. The predicted molar refractivity (Wildman–Crippen MR) is 103 cm³/mol. The number of hydrogen-bond acceptors (Lipinski definition) is 4. The highest BCUT2D eigenvalue weighted by atomic mass is 16.5. The van der Waals surface area contributed by atoms with Crippen LogP contribution < -0.4 is 11.5 Å². The van der Waals surface area contributed by atoms with E-state index in [1.807, 2.05) is 30.3 Å². The van der Waals surface area contributed by atoms with Gasteiger partial charge < -0.3 is 11.5 Å². The molecule has 2 amide bonds. The van der Waals surface area contributed by atoms with Crippen molar-refractivity contribution in [1.29, 1.82) is 0 Å². The Balaban J connectivity index is 2.06. The lowest BCUT2D eigenvalue weighted by Gasteiger charge is -2.26. The Morgan fingerprint density at radius 3 is 2.30 bits per heavy atom. The zero-order chi connectivity index (χ0) is 19.8. The van der Waals surface area contributed by atoms with E-state index in [0.717, 1.165) is 11.1 Å². The molecule has 0 saturated carbocycles. The molecule has 5 N–H and O–H groups in total. The quantitative estimate of drug-likeness (QED) is 0.427. The molecule has 0 aliphatic heterocycles. The molecule has 0 radical (unpaired) electrons. The summed E-state index contributed by atoms with van der Waals surface area (Å²) in [5, 5.41) is 10.3. The van der Waals surface area contributed by atoms with Crippen LogP contribution in [0.4, 0.5) is 0 Å². The van der Waals surface area contributed by atoms with Gasteiger partial charge in [0.05, 0.1) is 0 Å². The molecule has 0 aliphatic carbocycles. The predicted octanol–water partition coefficient (Wildman–Crippen LogP) is 1.78. The number of hydrogen-bond donors (Lipinski definition) is 3. The van der Waals surface area contributed by atoms with Crippen LogP contribution in [-0.4, -0.2) is 34.2 Å². The highest BCUT2D eigenvalue weighted by molar-refractivity contribution is 5.96. The second-order valence-corrected chi connectivity index (χ2v) is 5.95. The monoisotopic (exact) mass is 363 g/mol. The van der Waals surface area contributed by atoms with Crippen molar-refractivity contribution in [3.05, 3.63) is 77.4 Å². The lowest BCUT2D eigenvalue weighted by molar-refractivity contribution is -0.140. The Morgan fingerprint density at radius 1 is 1.11 bits per heavy atom. The first-order valence-electron chi connectivity index (χ1n) is 8.30. The summed E-state index contributed by atoms with van der Waals surface area (Å²) < 4.78 is 0. The average molecular weight is 363 g/mol. The summed E-state index contributed by atoms with van der Waals surface area (Å²) in [6, 6.07) is 14.0. The standard InChI is InChI=1S/C21H21N3O3/c1-15(22)19(20(23)25)24(27)21(26)18-13-11-17(12-14-18)10-6-5-9-16-7-3-2-4-8-16/h2-4,6-8,10-15,19,27H,22H2,1H3,(H2,23,25)/b10-6+/t15-,19+/m1/s1. The molecule has 2 rings (SSSR count). The summed E-state index contributed by atoms with van der Waals surface area (Å²) in [5.74, 6) is 4.31. The molecule has 0 aromatic heterocycles. The summed E-state index contributed by atoms with van der Waals surface area (Å²) in [7, 11) is 0. The van der Waals surface area contributed by atoms with E-state index in [2.05, 4.69) is 11.8 Å². The van der Waals surface area contributed by atoms with E-state index in [-0.39, 0.29) is 10.6 Å². The van der Waals surface area contributed by atoms with Crippen LogP contribution in [0.15, 0.2) is 60.7 Å². The third kappa shape index (κ3) is 5.54. The molecule has 27 heavy (non-hydrogen) atoms. The van der Waals surface area contributed by atoms with E-state index < -0.39 is 23.9 Å². The normalized spacial score (nSPS) is 12.7. The Morgan fingerprint density at radius 2 is 1.74 bits per heavy atom. The number of primary amides is 1. The molecule has 6 nitrogen and oxygen atoms in total. The van der Waals surface area contributed by atoms with Gasteiger partial charge in [-0.15, -0.1) is 0 Å². The highest BCUT2D eigenvalue weighted by Crippen LogP contribution is 2.11. The van der Waals surface area contributed by atoms with E-state index in [1.54, 1.807) is 24.3 Å². The van der Waals surface area contributed by atoms with E-state index in [9.17, 15) is 14.8 Å². The Kier molecular flexibility index (Phi) is 6.89. The molecule has 0 aliphatic rings. The maximum Gasteiger partial charge on any atom is 0.278 e. The van der Waals surface area contributed by atoms with Gasteiger partial charge in [0.2, 0.25) is 5.91 Å². The number of rotatable bonds is 5. The van der Waals surface area contributed by atoms with Crippen LogP contribution in [0.1, 0.15) is 28.4 Å². The molecule has 6 heteroatoms. The van der Waals surface area contributed by atoms with Crippen LogP contribution in [0.2, 0.25) is 0 Å². The van der Waals surface area contributed by atoms with Crippen LogP contribution in [0.25, 0.3) is 6.08 Å². The van der Waals surface area contributed by atoms with Crippen molar-refractivity contribution in [3.63, 3.8) is 0 Å². The van der Waals surface area contributed by atoms with Crippen molar-refractivity contribution in [3.8, 4) is 11.8 Å². The van der Waals surface area contributed by atoms with Crippen molar-refractivity contribution in [2.45, 2.75) is 19.0 Å². The van der Waals surface area contributed by atoms with Crippen molar-refractivity contribution in [2.24, 2.45) is 11.5 Å². The van der Waals surface area contributed by atoms with Crippen molar-refractivity contribution in [2.75, 3.05) is 0 Å². The first-order chi connectivity index (χ1) is 12.9. The van der Waals surface area contributed by atoms with Gasteiger partial charge in [-0.05, 0) is 48.9 Å². The number of nitrogens with two attached hydrogens (primary N) is 2. The minimum atomic E-state index is -1.30. The SMILES string of the molecule is C[C@@H](N)[C@@H](C(N)=O)N(O)C(=O)c1ccc(/C=C/C#Cc2ccccc2)cc1. The molecule has 0 spiro atoms. The third-order valence-corrected chi connectivity index (χ3v) is 3.77. The fourth-order valence-corrected chi connectivity index (χ4v) is 2.38. The van der Waals surface area contributed by atoms with Gasteiger partial charge in [0.25, 0.3) is 5.91 Å². The third-order valence-electron chi connectivity index (χ3n) is 3.77. The lowest BCUT2D eigenvalue weighted by Crippen LogP contribution is -2.54. The van der Waals surface area contributed by atoms with Crippen LogP contribution in [0.5, 0.6) is 0 Å². The Bertz CT molecular complexity index is 878. The van der Waals surface area contributed by atoms with Crippen LogP contribution in [0.3, 0.4) is 0 Å². The molecular formula is C21H21N3O3. The Hall–Kier alpha value is -3.40. The van der Waals surface area contributed by atoms with Crippen molar-refractivity contribution < 1.29 is 14.8 Å². The van der Waals surface area contributed by atoms with Gasteiger partial charge in [-0.1, -0.05) is 42.2 Å². The fourth-order valence-electron chi connectivity index (χ4n) is 2.38. The van der Waals surface area contributed by atoms with Crippen LogP contribution in [0, 0.1) is 11.8 Å². The number of hydroxylamine groups is 2. The molecule has 2 aromatic rings. The zero-order valence-electron chi connectivity index (χ0n) is 14.9. The molecule has 138 valence electrons. The van der Waals surface area contributed by atoms with Crippen LogP contribution >= 0.6 is 0 Å². The molecule has 0 saturated heterocycles. The first-order valence-corrected chi connectivity index (χ1v) is 8.30. The van der Waals surface area contributed by atoms with Gasteiger partial charge >= 0.3 is 0 Å². The molecule has 0 unspecified atom stereocenters. The highest BCUT2D eigenvalue weighted by Gasteiger charge is 2.31. The molecular weight excluding hydrogens is 342 g/mol. The molecule has 0 fully saturated rings. The fraction of sp³-hybridized carbons (Fsp3) is 0.143. The van der Waals surface area contributed by atoms with Crippen molar-refractivity contribution in [1.82, 2.24) is 5.06 Å². The van der Waals surface area contributed by atoms with Gasteiger partial charge in [0.15, 0.2) is 6.04 Å². The Labute approximate surface area is 158 Å². The first kappa shape index (κ1) is 19.9. The van der Waals surface area contributed by atoms with Gasteiger partial charge in [-0.25, -0.2) is 5.06 Å². The number of amides is 2. The number of nitrogens with zero attached hydrogens (tertiary/aromatic N) is 1. The second-order valence-electron chi connectivity index (χ2n) is 5.95. The number of carbonyl (C=O) groups excluding carboxylic acids is 2. The zero-order valence-corrected chi connectivity index (χ0v) is 14.9. The van der Waals surface area contributed by atoms with Gasteiger partial charge in [0.1, 0.15) is 0 Å². The minimum Gasteiger partial charge on any atom is -0.368 e. The summed E-state index contributed by atoms with van der Waals surface area (Å²) in [5.41, 5.74) is 12.8. The maximum absolute atomic E-state index is 12.3. The molecule has 2 atom stereocenters. The average Bonchev–Trinajstić information content (AvgIpc) is 2.65. The number of allylic oxidation sites excluding steroid dienone is 1.